The van der Waals surface area contributed by atoms with Crippen molar-refractivity contribution >= 4 is 47.0 Å². The molecule has 3 amide bonds. The first-order chi connectivity index (χ1) is 18.4. The number of benzene rings is 2. The van der Waals surface area contributed by atoms with Crippen LogP contribution in [0.4, 0.5) is 10.5 Å². The van der Waals surface area contributed by atoms with Crippen LogP contribution in [0.15, 0.2) is 42.5 Å². The Morgan fingerprint density at radius 3 is 2.46 bits per heavy atom. The maximum Gasteiger partial charge on any atom is 0.408 e. The summed E-state index contributed by atoms with van der Waals surface area (Å²) in [7, 11) is 0. The topological polar surface area (TPSA) is 112 Å². The van der Waals surface area contributed by atoms with Crippen molar-refractivity contribution in [1.29, 1.82) is 5.26 Å². The molecule has 206 valence electrons. The highest BCUT2D eigenvalue weighted by Crippen LogP contribution is 2.30. The number of nitrogens with zero attached hydrogens (tertiary/aromatic N) is 2. The Labute approximate surface area is 239 Å². The number of hydrogen-bond acceptors (Lipinski definition) is 6. The third kappa shape index (κ3) is 8.95. The Morgan fingerprint density at radius 2 is 1.87 bits per heavy atom. The Balaban J connectivity index is 2.60. The zero-order valence-electron chi connectivity index (χ0n) is 22.7. The molecular formula is C29H33ClN4O4S. The molecule has 2 unspecified atom stereocenters. The highest BCUT2D eigenvalue weighted by Gasteiger charge is 2.37. The number of thioether (sulfide) groups is 1. The average Bonchev–Trinajstić information content (AvgIpc) is 2.87. The van der Waals surface area contributed by atoms with Gasteiger partial charge < -0.3 is 20.3 Å². The van der Waals surface area contributed by atoms with Crippen LogP contribution < -0.4 is 10.6 Å². The first-order valence-electron chi connectivity index (χ1n) is 12.2. The van der Waals surface area contributed by atoms with Crippen molar-refractivity contribution in [2.75, 3.05) is 23.9 Å². The molecule has 8 nitrogen and oxygen atoms in total. The molecule has 2 rings (SSSR count). The van der Waals surface area contributed by atoms with Gasteiger partial charge >= 0.3 is 6.09 Å². The molecular weight excluding hydrogens is 536 g/mol. The number of anilines is 1. The number of hydrogen-bond donors (Lipinski definition) is 2. The molecule has 2 N–H and O–H groups in total. The predicted molar refractivity (Wildman–Crippen MR) is 155 cm³/mol. The van der Waals surface area contributed by atoms with E-state index in [1.54, 1.807) is 70.2 Å². The van der Waals surface area contributed by atoms with E-state index in [2.05, 4.69) is 16.6 Å². The summed E-state index contributed by atoms with van der Waals surface area (Å²) in [5.41, 5.74) is 1.03. The number of ether oxygens (including phenoxy) is 1. The largest absolute Gasteiger partial charge is 0.444 e. The van der Waals surface area contributed by atoms with E-state index in [9.17, 15) is 19.6 Å². The van der Waals surface area contributed by atoms with Gasteiger partial charge in [0, 0.05) is 5.56 Å². The number of rotatable bonds is 10. The van der Waals surface area contributed by atoms with Gasteiger partial charge in [0.25, 0.3) is 5.91 Å². The van der Waals surface area contributed by atoms with Gasteiger partial charge in [0.2, 0.25) is 5.91 Å². The predicted octanol–water partition coefficient (Wildman–Crippen LogP) is 5.31. The molecule has 0 saturated carbocycles. The van der Waals surface area contributed by atoms with E-state index in [-0.39, 0.29) is 6.42 Å². The van der Waals surface area contributed by atoms with Crippen LogP contribution in [0.25, 0.3) is 0 Å². The fraction of sp³-hybridized carbons (Fsp3) is 0.379. The quantitative estimate of drug-likeness (QED) is 0.297. The van der Waals surface area contributed by atoms with Crippen molar-refractivity contribution in [3.8, 4) is 18.4 Å². The molecule has 2 atom stereocenters. The van der Waals surface area contributed by atoms with E-state index in [4.69, 9.17) is 22.8 Å². The number of aryl methyl sites for hydroxylation is 1. The van der Waals surface area contributed by atoms with E-state index in [1.807, 2.05) is 12.3 Å². The van der Waals surface area contributed by atoms with Crippen LogP contribution in [-0.2, 0) is 14.3 Å². The van der Waals surface area contributed by atoms with E-state index in [0.29, 0.717) is 33.2 Å². The maximum atomic E-state index is 14.0. The normalized spacial score (nSPS) is 12.3. The number of nitrogens with one attached hydrogen (secondary N) is 2. The molecule has 0 aliphatic carbocycles. The molecule has 0 spiro atoms. The van der Waals surface area contributed by atoms with E-state index < -0.39 is 42.1 Å². The van der Waals surface area contributed by atoms with Crippen molar-refractivity contribution in [3.63, 3.8) is 0 Å². The lowest BCUT2D eigenvalue weighted by molar-refractivity contribution is -0.140. The van der Waals surface area contributed by atoms with Crippen LogP contribution in [-0.4, -0.2) is 53.0 Å². The minimum Gasteiger partial charge on any atom is -0.444 e. The Bertz CT molecular complexity index is 1260. The summed E-state index contributed by atoms with van der Waals surface area (Å²) in [6.07, 6.45) is 7.07. The number of carbonyl (C=O) groups excluding carboxylic acids is 3. The zero-order chi connectivity index (χ0) is 29.2. The lowest BCUT2D eigenvalue weighted by Crippen LogP contribution is -2.52. The van der Waals surface area contributed by atoms with Gasteiger partial charge in [-0.25, -0.2) is 4.79 Å². The standard InChI is InChI=1S/C29H33ClN4O4S/c1-7-20-12-8-9-13-21(20)25(26(35)33-24-19(2)11-10-14-22(24)30)34(17-16-31)27(36)23(15-18-39-6)32-28(37)38-29(3,4)5/h1,8-14,23,25H,15,17-18H2,2-6H3,(H,32,37)(H,33,35). The molecule has 2 aromatic rings. The van der Waals surface area contributed by atoms with Crippen molar-refractivity contribution in [2.45, 2.75) is 51.8 Å². The molecule has 10 heteroatoms. The number of terminal acetylenes is 1. The molecule has 0 aliphatic heterocycles. The number of para-hydroxylation sites is 1. The first-order valence-corrected chi connectivity index (χ1v) is 14.0. The smallest absolute Gasteiger partial charge is 0.408 e. The zero-order valence-corrected chi connectivity index (χ0v) is 24.3. The lowest BCUT2D eigenvalue weighted by atomic mass is 9.97. The fourth-order valence-corrected chi connectivity index (χ4v) is 4.56. The number of halogens is 1. The monoisotopic (exact) mass is 568 g/mol. The summed E-state index contributed by atoms with van der Waals surface area (Å²) in [6.45, 7) is 6.47. The van der Waals surface area contributed by atoms with Gasteiger partial charge in [0.05, 0.1) is 16.8 Å². The number of amides is 3. The van der Waals surface area contributed by atoms with Crippen LogP contribution in [0.2, 0.25) is 5.02 Å². The molecule has 0 aromatic heterocycles. The fourth-order valence-electron chi connectivity index (χ4n) is 3.82. The molecule has 0 radical (unpaired) electrons. The van der Waals surface area contributed by atoms with Crippen molar-refractivity contribution in [1.82, 2.24) is 10.2 Å². The molecule has 0 aliphatic rings. The summed E-state index contributed by atoms with van der Waals surface area (Å²) in [5.74, 6) is 1.85. The van der Waals surface area contributed by atoms with Crippen LogP contribution >= 0.6 is 23.4 Å². The third-order valence-corrected chi connectivity index (χ3v) is 6.52. The summed E-state index contributed by atoms with van der Waals surface area (Å²) in [4.78, 5) is 41.6. The molecule has 0 saturated heterocycles. The number of alkyl carbamates (subject to hydrolysis) is 1. The van der Waals surface area contributed by atoms with E-state index in [0.717, 1.165) is 4.90 Å². The maximum absolute atomic E-state index is 14.0. The van der Waals surface area contributed by atoms with E-state index in [1.165, 1.54) is 11.8 Å². The van der Waals surface area contributed by atoms with Gasteiger partial charge in [-0.2, -0.15) is 17.0 Å². The first kappa shape index (κ1) is 31.6. The summed E-state index contributed by atoms with van der Waals surface area (Å²) >= 11 is 7.85. The highest BCUT2D eigenvalue weighted by molar-refractivity contribution is 7.98. The second-order valence-electron chi connectivity index (χ2n) is 9.66. The third-order valence-electron chi connectivity index (χ3n) is 5.56. The molecule has 2 aromatic carbocycles. The van der Waals surface area contributed by atoms with Gasteiger partial charge in [0.15, 0.2) is 0 Å². The molecule has 0 bridgehead atoms. The molecule has 0 heterocycles. The SMILES string of the molecule is C#Cc1ccccc1C(C(=O)Nc1c(C)cccc1Cl)N(CC#N)C(=O)C(CCSC)NC(=O)OC(C)(C)C. The van der Waals surface area contributed by atoms with Crippen LogP contribution in [0.5, 0.6) is 0 Å². The Morgan fingerprint density at radius 1 is 1.18 bits per heavy atom. The summed E-state index contributed by atoms with van der Waals surface area (Å²) in [6, 6.07) is 11.5. The number of carbonyl (C=O) groups is 3. The van der Waals surface area contributed by atoms with Crippen molar-refractivity contribution < 1.29 is 19.1 Å². The van der Waals surface area contributed by atoms with Gasteiger partial charge in [-0.1, -0.05) is 47.9 Å². The molecule has 39 heavy (non-hydrogen) atoms. The van der Waals surface area contributed by atoms with Crippen molar-refractivity contribution in [2.24, 2.45) is 0 Å². The van der Waals surface area contributed by atoms with Crippen molar-refractivity contribution in [3.05, 3.63) is 64.2 Å². The van der Waals surface area contributed by atoms with E-state index >= 15 is 0 Å². The van der Waals surface area contributed by atoms with Gasteiger partial charge in [-0.3, -0.25) is 9.59 Å². The Kier molecular flexibility index (Phi) is 11.7. The minimum atomic E-state index is -1.29. The number of nitriles is 1. The van der Waals surface area contributed by atoms with Gasteiger partial charge in [0.1, 0.15) is 24.2 Å². The Hall–Kier alpha value is -3.66. The van der Waals surface area contributed by atoms with Gasteiger partial charge in [-0.05, 0) is 69.4 Å². The summed E-state index contributed by atoms with van der Waals surface area (Å²) < 4.78 is 5.36. The van der Waals surface area contributed by atoms with Crippen LogP contribution in [0.3, 0.4) is 0 Å². The highest BCUT2D eigenvalue weighted by atomic mass is 35.5. The average molecular weight is 569 g/mol. The van der Waals surface area contributed by atoms with Gasteiger partial charge in [-0.15, -0.1) is 6.42 Å². The second-order valence-corrected chi connectivity index (χ2v) is 11.1. The van der Waals surface area contributed by atoms with Crippen LogP contribution in [0.1, 0.15) is 49.9 Å². The lowest BCUT2D eigenvalue weighted by Gasteiger charge is -2.33. The minimum absolute atomic E-state index is 0.246. The molecule has 0 fully saturated rings. The second kappa shape index (κ2) is 14.5. The summed E-state index contributed by atoms with van der Waals surface area (Å²) in [5, 5.41) is 15.5. The van der Waals surface area contributed by atoms with Crippen LogP contribution in [0, 0.1) is 30.6 Å².